The van der Waals surface area contributed by atoms with Crippen LogP contribution in [0.1, 0.15) is 17.2 Å². The highest BCUT2D eigenvalue weighted by molar-refractivity contribution is 9.10. The van der Waals surface area contributed by atoms with Crippen LogP contribution in [0.3, 0.4) is 0 Å². The van der Waals surface area contributed by atoms with E-state index in [0.717, 1.165) is 26.5 Å². The number of nitrogens with zero attached hydrogens (tertiary/aromatic N) is 1. The molecule has 3 aromatic rings. The molecule has 0 spiro atoms. The fraction of sp³-hybridized carbons (Fsp3) is 0.0625. The summed E-state index contributed by atoms with van der Waals surface area (Å²) in [4.78, 5) is 4.40. The Morgan fingerprint density at radius 1 is 0.947 bits per heavy atom. The topological polar surface area (TPSA) is 33.1 Å². The molecule has 0 amide bonds. The number of aliphatic hydroxyl groups is 1. The molecule has 0 saturated heterocycles. The van der Waals surface area contributed by atoms with Crippen LogP contribution in [0.15, 0.2) is 65.3 Å². The first-order chi connectivity index (χ1) is 9.27. The summed E-state index contributed by atoms with van der Waals surface area (Å²) in [5.41, 5.74) is 2.52. The van der Waals surface area contributed by atoms with Gasteiger partial charge in [0.2, 0.25) is 0 Å². The Bertz CT molecular complexity index is 712. The number of halogens is 1. The van der Waals surface area contributed by atoms with E-state index < -0.39 is 6.10 Å². The zero-order chi connectivity index (χ0) is 13.2. The smallest absolute Gasteiger partial charge is 0.106 e. The summed E-state index contributed by atoms with van der Waals surface area (Å²) in [6.07, 6.45) is 1.09. The second kappa shape index (κ2) is 5.11. The van der Waals surface area contributed by atoms with Crippen LogP contribution in [0.4, 0.5) is 0 Å². The van der Waals surface area contributed by atoms with E-state index in [2.05, 4.69) is 20.9 Å². The Labute approximate surface area is 119 Å². The Balaban J connectivity index is 2.18. The molecule has 2 aromatic carbocycles. The van der Waals surface area contributed by atoms with Gasteiger partial charge < -0.3 is 5.11 Å². The standard InChI is InChI=1S/C16H12BrNO/c17-14-9-8-13(15-12(14)7-4-10-18-15)16(19)11-5-2-1-3-6-11/h1-10,16,19H. The summed E-state index contributed by atoms with van der Waals surface area (Å²) in [7, 11) is 0. The summed E-state index contributed by atoms with van der Waals surface area (Å²) >= 11 is 3.51. The van der Waals surface area contributed by atoms with Gasteiger partial charge in [-0.05, 0) is 17.7 Å². The van der Waals surface area contributed by atoms with Crippen molar-refractivity contribution < 1.29 is 5.11 Å². The van der Waals surface area contributed by atoms with E-state index in [1.165, 1.54) is 0 Å². The summed E-state index contributed by atoms with van der Waals surface area (Å²) in [5, 5.41) is 11.5. The van der Waals surface area contributed by atoms with E-state index >= 15 is 0 Å². The number of hydrogen-bond acceptors (Lipinski definition) is 2. The van der Waals surface area contributed by atoms with Gasteiger partial charge >= 0.3 is 0 Å². The molecule has 1 N–H and O–H groups in total. The molecule has 0 radical (unpaired) electrons. The molecule has 3 rings (SSSR count). The molecule has 0 saturated carbocycles. The molecule has 1 aromatic heterocycles. The van der Waals surface area contributed by atoms with Crippen molar-refractivity contribution in [2.75, 3.05) is 0 Å². The van der Waals surface area contributed by atoms with Crippen LogP contribution in [-0.4, -0.2) is 10.1 Å². The van der Waals surface area contributed by atoms with Crippen LogP contribution in [0.5, 0.6) is 0 Å². The number of aliphatic hydroxyl groups excluding tert-OH is 1. The van der Waals surface area contributed by atoms with Gasteiger partial charge in [-0.25, -0.2) is 0 Å². The van der Waals surface area contributed by atoms with Gasteiger partial charge in [0.15, 0.2) is 0 Å². The van der Waals surface area contributed by atoms with Crippen molar-refractivity contribution >= 4 is 26.8 Å². The van der Waals surface area contributed by atoms with Gasteiger partial charge in [0.05, 0.1) is 5.52 Å². The maximum atomic E-state index is 10.5. The third kappa shape index (κ3) is 2.27. The molecule has 2 nitrogen and oxygen atoms in total. The van der Waals surface area contributed by atoms with E-state index in [9.17, 15) is 5.11 Å². The molecule has 94 valence electrons. The van der Waals surface area contributed by atoms with E-state index in [4.69, 9.17) is 0 Å². The minimum Gasteiger partial charge on any atom is -0.384 e. The molecule has 1 atom stereocenters. The SMILES string of the molecule is OC(c1ccccc1)c1ccc(Br)c2cccnc12. The van der Waals surface area contributed by atoms with E-state index in [0.29, 0.717) is 0 Å². The van der Waals surface area contributed by atoms with Crippen molar-refractivity contribution in [2.24, 2.45) is 0 Å². The zero-order valence-corrected chi connectivity index (χ0v) is 11.7. The number of hydrogen-bond donors (Lipinski definition) is 1. The van der Waals surface area contributed by atoms with Crippen LogP contribution in [0.25, 0.3) is 10.9 Å². The lowest BCUT2D eigenvalue weighted by molar-refractivity contribution is 0.221. The van der Waals surface area contributed by atoms with Crippen molar-refractivity contribution in [1.82, 2.24) is 4.98 Å². The predicted molar refractivity (Wildman–Crippen MR) is 79.9 cm³/mol. The second-order valence-electron chi connectivity index (χ2n) is 4.35. The third-order valence-corrected chi connectivity index (χ3v) is 3.85. The van der Waals surface area contributed by atoms with Crippen LogP contribution in [0.2, 0.25) is 0 Å². The first kappa shape index (κ1) is 12.3. The van der Waals surface area contributed by atoms with Crippen molar-refractivity contribution in [3.63, 3.8) is 0 Å². The van der Waals surface area contributed by atoms with E-state index in [1.807, 2.05) is 54.6 Å². The van der Waals surface area contributed by atoms with Crippen LogP contribution in [-0.2, 0) is 0 Å². The third-order valence-electron chi connectivity index (χ3n) is 3.16. The Hall–Kier alpha value is -1.71. The van der Waals surface area contributed by atoms with Gasteiger partial charge in [-0.3, -0.25) is 4.98 Å². The molecular weight excluding hydrogens is 302 g/mol. The van der Waals surface area contributed by atoms with Crippen molar-refractivity contribution in [3.05, 3.63) is 76.4 Å². The zero-order valence-electron chi connectivity index (χ0n) is 10.1. The molecule has 0 fully saturated rings. The van der Waals surface area contributed by atoms with E-state index in [-0.39, 0.29) is 0 Å². The fourth-order valence-corrected chi connectivity index (χ4v) is 2.65. The Morgan fingerprint density at radius 3 is 2.53 bits per heavy atom. The number of rotatable bonds is 2. The lowest BCUT2D eigenvalue weighted by Crippen LogP contribution is -2.01. The van der Waals surface area contributed by atoms with Gasteiger partial charge in [-0.2, -0.15) is 0 Å². The van der Waals surface area contributed by atoms with Crippen molar-refractivity contribution in [1.29, 1.82) is 0 Å². The van der Waals surface area contributed by atoms with Crippen molar-refractivity contribution in [2.45, 2.75) is 6.10 Å². The van der Waals surface area contributed by atoms with Gasteiger partial charge in [0.1, 0.15) is 6.10 Å². The van der Waals surface area contributed by atoms with E-state index in [1.54, 1.807) is 6.20 Å². The number of pyridine rings is 1. The molecule has 0 aliphatic heterocycles. The lowest BCUT2D eigenvalue weighted by Gasteiger charge is -2.14. The minimum absolute atomic E-state index is 0.660. The maximum absolute atomic E-state index is 10.5. The number of fused-ring (bicyclic) bond motifs is 1. The van der Waals surface area contributed by atoms with Crippen LogP contribution < -0.4 is 0 Å². The molecule has 0 bridgehead atoms. The Morgan fingerprint density at radius 2 is 1.74 bits per heavy atom. The predicted octanol–water partition coefficient (Wildman–Crippen LogP) is 4.08. The van der Waals surface area contributed by atoms with Gasteiger partial charge in [0, 0.05) is 21.6 Å². The highest BCUT2D eigenvalue weighted by Gasteiger charge is 2.15. The summed E-state index contributed by atoms with van der Waals surface area (Å²) in [6.45, 7) is 0. The van der Waals surface area contributed by atoms with Gasteiger partial charge in [-0.15, -0.1) is 0 Å². The average molecular weight is 314 g/mol. The molecule has 3 heteroatoms. The second-order valence-corrected chi connectivity index (χ2v) is 5.20. The first-order valence-corrected chi connectivity index (χ1v) is 6.83. The van der Waals surface area contributed by atoms with Gasteiger partial charge in [0.25, 0.3) is 0 Å². The monoisotopic (exact) mass is 313 g/mol. The highest BCUT2D eigenvalue weighted by Crippen LogP contribution is 2.31. The first-order valence-electron chi connectivity index (χ1n) is 6.03. The summed E-state index contributed by atoms with van der Waals surface area (Å²) < 4.78 is 0.986. The average Bonchev–Trinajstić information content (AvgIpc) is 2.48. The van der Waals surface area contributed by atoms with Crippen LogP contribution >= 0.6 is 15.9 Å². The molecule has 0 aliphatic carbocycles. The molecule has 0 aliphatic rings. The molecular formula is C16H12BrNO. The summed E-state index contributed by atoms with van der Waals surface area (Å²) in [6, 6.07) is 17.4. The molecule has 1 unspecified atom stereocenters. The number of aromatic nitrogens is 1. The Kier molecular flexibility index (Phi) is 3.32. The fourth-order valence-electron chi connectivity index (χ4n) is 2.20. The molecule has 1 heterocycles. The summed E-state index contributed by atoms with van der Waals surface area (Å²) in [5.74, 6) is 0. The maximum Gasteiger partial charge on any atom is 0.106 e. The quantitative estimate of drug-likeness (QED) is 0.773. The normalized spacial score (nSPS) is 12.5. The van der Waals surface area contributed by atoms with Crippen molar-refractivity contribution in [3.8, 4) is 0 Å². The minimum atomic E-state index is -0.660. The highest BCUT2D eigenvalue weighted by atomic mass is 79.9. The van der Waals surface area contributed by atoms with Gasteiger partial charge in [-0.1, -0.05) is 58.4 Å². The lowest BCUT2D eigenvalue weighted by atomic mass is 9.99. The number of benzene rings is 2. The largest absolute Gasteiger partial charge is 0.384 e. The van der Waals surface area contributed by atoms with Crippen LogP contribution in [0, 0.1) is 0 Å². The molecule has 19 heavy (non-hydrogen) atoms.